The van der Waals surface area contributed by atoms with Crippen LogP contribution < -0.4 is 15.6 Å². The van der Waals surface area contributed by atoms with Gasteiger partial charge in [-0.15, -0.1) is 0 Å². The first-order valence-corrected chi connectivity index (χ1v) is 11.3. The predicted octanol–water partition coefficient (Wildman–Crippen LogP) is 3.66. The molecule has 32 heavy (non-hydrogen) atoms. The summed E-state index contributed by atoms with van der Waals surface area (Å²) >= 11 is 0. The Labute approximate surface area is 188 Å². The third kappa shape index (κ3) is 5.28. The Morgan fingerprint density at radius 2 is 2.00 bits per heavy atom. The number of ether oxygens (including phenoxy) is 1. The molecule has 0 bridgehead atoms. The number of nitrogens with zero attached hydrogens (tertiary/aromatic N) is 2. The molecule has 2 N–H and O–H groups in total. The minimum absolute atomic E-state index is 0.145. The lowest BCUT2D eigenvalue weighted by Gasteiger charge is -2.14. The van der Waals surface area contributed by atoms with Crippen molar-refractivity contribution in [1.29, 1.82) is 0 Å². The number of aromatic nitrogens is 3. The van der Waals surface area contributed by atoms with E-state index in [1.54, 1.807) is 18.2 Å². The molecule has 0 saturated carbocycles. The second-order valence-corrected chi connectivity index (χ2v) is 7.72. The van der Waals surface area contributed by atoms with Crippen LogP contribution in [0.3, 0.4) is 0 Å². The Hall–Kier alpha value is -3.35. The minimum Gasteiger partial charge on any atom is -0.493 e. The Balaban J connectivity index is 1.89. The number of hydrogen-bond donors (Lipinski definition) is 2. The molecule has 0 unspecified atom stereocenters. The summed E-state index contributed by atoms with van der Waals surface area (Å²) in [5.41, 5.74) is 3.58. The van der Waals surface area contributed by atoms with Crippen molar-refractivity contribution in [2.75, 3.05) is 13.2 Å². The topological polar surface area (TPSA) is 89.0 Å². The van der Waals surface area contributed by atoms with Crippen LogP contribution >= 0.6 is 0 Å². The van der Waals surface area contributed by atoms with Gasteiger partial charge in [-0.05, 0) is 49.6 Å². The first kappa shape index (κ1) is 23.3. The highest BCUT2D eigenvalue weighted by Crippen LogP contribution is 2.29. The van der Waals surface area contributed by atoms with Crippen LogP contribution in [0.1, 0.15) is 54.5 Å². The fourth-order valence-corrected chi connectivity index (χ4v) is 3.69. The van der Waals surface area contributed by atoms with Gasteiger partial charge >= 0.3 is 0 Å². The lowest BCUT2D eigenvalue weighted by Crippen LogP contribution is -2.26. The maximum absolute atomic E-state index is 12.8. The summed E-state index contributed by atoms with van der Waals surface area (Å²) in [5, 5.41) is 2.97. The number of nitrogens with one attached hydrogen (secondary N) is 2. The standard InChI is InChI=1S/C25H32N4O3/c1-5-15-32-22-11-10-17(24(30)26-13-12-18-9-8-14-29(18)4)16-20(22)23-27-21(7-3)19(6-2)25(31)28-23/h8-11,14,16H,5-7,12-13,15H2,1-4H3,(H,26,30)(H,27,28,31). The number of H-pyrrole nitrogens is 1. The van der Waals surface area contributed by atoms with Crippen LogP contribution in [-0.2, 0) is 26.3 Å². The molecule has 1 amide bonds. The Morgan fingerprint density at radius 3 is 2.66 bits per heavy atom. The van der Waals surface area contributed by atoms with Gasteiger partial charge in [0.2, 0.25) is 0 Å². The molecule has 2 heterocycles. The summed E-state index contributed by atoms with van der Waals surface area (Å²) in [6.45, 7) is 7.02. The van der Waals surface area contributed by atoms with Gasteiger partial charge in [0.1, 0.15) is 11.6 Å². The van der Waals surface area contributed by atoms with Crippen LogP contribution in [0.25, 0.3) is 11.4 Å². The highest BCUT2D eigenvalue weighted by molar-refractivity contribution is 5.95. The van der Waals surface area contributed by atoms with Gasteiger partial charge in [-0.1, -0.05) is 20.8 Å². The number of aromatic amines is 1. The van der Waals surface area contributed by atoms with Crippen molar-refractivity contribution in [2.24, 2.45) is 7.05 Å². The second kappa shape index (κ2) is 10.8. The highest BCUT2D eigenvalue weighted by Gasteiger charge is 2.16. The van der Waals surface area contributed by atoms with E-state index in [-0.39, 0.29) is 11.5 Å². The van der Waals surface area contributed by atoms with Gasteiger partial charge < -0.3 is 19.6 Å². The first-order chi connectivity index (χ1) is 15.5. The van der Waals surface area contributed by atoms with Gasteiger partial charge in [0.05, 0.1) is 17.9 Å². The summed E-state index contributed by atoms with van der Waals surface area (Å²) in [4.78, 5) is 33.0. The van der Waals surface area contributed by atoms with Gasteiger partial charge in [-0.2, -0.15) is 0 Å². The third-order valence-corrected chi connectivity index (χ3v) is 5.47. The number of carbonyl (C=O) groups is 1. The maximum Gasteiger partial charge on any atom is 0.254 e. The molecular formula is C25H32N4O3. The predicted molar refractivity (Wildman–Crippen MR) is 126 cm³/mol. The fourth-order valence-electron chi connectivity index (χ4n) is 3.69. The molecular weight excluding hydrogens is 404 g/mol. The normalized spacial score (nSPS) is 10.9. The van der Waals surface area contributed by atoms with Gasteiger partial charge in [-0.25, -0.2) is 4.98 Å². The number of aryl methyl sites for hydroxylation is 2. The molecule has 3 aromatic rings. The van der Waals surface area contributed by atoms with Crippen molar-refractivity contribution in [3.63, 3.8) is 0 Å². The van der Waals surface area contributed by atoms with Crippen molar-refractivity contribution in [3.05, 3.63) is 69.4 Å². The van der Waals surface area contributed by atoms with Crippen molar-refractivity contribution >= 4 is 5.91 Å². The molecule has 0 atom stereocenters. The molecule has 3 rings (SSSR count). The maximum atomic E-state index is 12.8. The first-order valence-electron chi connectivity index (χ1n) is 11.3. The lowest BCUT2D eigenvalue weighted by atomic mass is 10.1. The molecule has 0 aliphatic heterocycles. The van der Waals surface area contributed by atoms with E-state index in [1.807, 2.05) is 50.7 Å². The molecule has 7 heteroatoms. The molecule has 0 saturated heterocycles. The molecule has 7 nitrogen and oxygen atoms in total. The average molecular weight is 437 g/mol. The Bertz CT molecular complexity index is 1130. The summed E-state index contributed by atoms with van der Waals surface area (Å²) in [5.74, 6) is 0.848. The molecule has 170 valence electrons. The summed E-state index contributed by atoms with van der Waals surface area (Å²) in [6, 6.07) is 9.28. The zero-order valence-corrected chi connectivity index (χ0v) is 19.3. The number of rotatable bonds is 10. The van der Waals surface area contributed by atoms with Crippen molar-refractivity contribution in [2.45, 2.75) is 46.5 Å². The number of benzene rings is 1. The van der Waals surface area contributed by atoms with Gasteiger partial charge in [-0.3, -0.25) is 9.59 Å². The monoisotopic (exact) mass is 436 g/mol. The van der Waals surface area contributed by atoms with E-state index in [2.05, 4.69) is 10.3 Å². The van der Waals surface area contributed by atoms with Gasteiger partial charge in [0.25, 0.3) is 11.5 Å². The minimum atomic E-state index is -0.175. The molecule has 0 aliphatic carbocycles. The molecule has 2 aromatic heterocycles. The molecule has 1 aromatic carbocycles. The van der Waals surface area contributed by atoms with E-state index in [0.717, 1.165) is 24.2 Å². The van der Waals surface area contributed by atoms with Crippen LogP contribution in [-0.4, -0.2) is 33.6 Å². The number of amides is 1. The van der Waals surface area contributed by atoms with Crippen LogP contribution in [0.2, 0.25) is 0 Å². The lowest BCUT2D eigenvalue weighted by molar-refractivity contribution is 0.0954. The van der Waals surface area contributed by atoms with Gasteiger partial charge in [0, 0.05) is 43.0 Å². The molecule has 0 spiro atoms. The van der Waals surface area contributed by atoms with Crippen LogP contribution in [0.4, 0.5) is 0 Å². The fraction of sp³-hybridized carbons (Fsp3) is 0.400. The SMILES string of the molecule is CCCOc1ccc(C(=O)NCCc2cccn2C)cc1-c1nc(CC)c(CC)c(=O)[nH]1. The molecule has 0 aliphatic rings. The quantitative estimate of drug-likeness (QED) is 0.508. The average Bonchev–Trinajstić information content (AvgIpc) is 3.21. The summed E-state index contributed by atoms with van der Waals surface area (Å²) in [7, 11) is 1.99. The van der Waals surface area contributed by atoms with Crippen molar-refractivity contribution in [3.8, 4) is 17.1 Å². The van der Waals surface area contributed by atoms with E-state index in [9.17, 15) is 9.59 Å². The van der Waals surface area contributed by atoms with Crippen LogP contribution in [0, 0.1) is 0 Å². The van der Waals surface area contributed by atoms with E-state index < -0.39 is 0 Å². The third-order valence-electron chi connectivity index (χ3n) is 5.47. The zero-order chi connectivity index (χ0) is 23.1. The second-order valence-electron chi connectivity index (χ2n) is 7.72. The summed E-state index contributed by atoms with van der Waals surface area (Å²) < 4.78 is 7.93. The highest BCUT2D eigenvalue weighted by atomic mass is 16.5. The number of hydrogen-bond acceptors (Lipinski definition) is 4. The van der Waals surface area contributed by atoms with E-state index in [1.165, 1.54) is 0 Å². The zero-order valence-electron chi connectivity index (χ0n) is 19.3. The number of carbonyl (C=O) groups excluding carboxylic acids is 1. The molecule has 0 fully saturated rings. The molecule has 0 radical (unpaired) electrons. The van der Waals surface area contributed by atoms with Crippen molar-refractivity contribution in [1.82, 2.24) is 19.9 Å². The van der Waals surface area contributed by atoms with E-state index >= 15 is 0 Å². The summed E-state index contributed by atoms with van der Waals surface area (Å²) in [6.07, 6.45) is 4.85. The van der Waals surface area contributed by atoms with E-state index in [4.69, 9.17) is 9.72 Å². The van der Waals surface area contributed by atoms with Crippen molar-refractivity contribution < 1.29 is 9.53 Å². The largest absolute Gasteiger partial charge is 0.493 e. The van der Waals surface area contributed by atoms with Gasteiger partial charge in [0.15, 0.2) is 0 Å². The van der Waals surface area contributed by atoms with Crippen LogP contribution in [0.5, 0.6) is 5.75 Å². The van der Waals surface area contributed by atoms with E-state index in [0.29, 0.717) is 54.3 Å². The Morgan fingerprint density at radius 1 is 1.19 bits per heavy atom. The van der Waals surface area contributed by atoms with Crippen LogP contribution in [0.15, 0.2) is 41.3 Å². The smallest absolute Gasteiger partial charge is 0.254 e. The Kier molecular flexibility index (Phi) is 7.87.